The summed E-state index contributed by atoms with van der Waals surface area (Å²) in [5.74, 6) is -1.31. The first kappa shape index (κ1) is 30.0. The fraction of sp³-hybridized carbons (Fsp3) is 0.0645. The Balaban J connectivity index is 1.45. The van der Waals surface area contributed by atoms with Gasteiger partial charge in [0.1, 0.15) is 5.70 Å². The number of hydrogen-bond acceptors (Lipinski definition) is 6. The predicted octanol–water partition coefficient (Wildman–Crippen LogP) is 6.70. The summed E-state index contributed by atoms with van der Waals surface area (Å²) in [7, 11) is 0. The third-order valence-corrected chi connectivity index (χ3v) is 7.09. The van der Waals surface area contributed by atoms with Gasteiger partial charge in [0.05, 0.1) is 16.4 Å². The van der Waals surface area contributed by atoms with Crippen LogP contribution in [0, 0.1) is 17.0 Å². The van der Waals surface area contributed by atoms with Gasteiger partial charge in [-0.1, -0.05) is 54.1 Å². The number of carbonyl (C=O) groups excluding carboxylic acids is 3. The summed E-state index contributed by atoms with van der Waals surface area (Å²) >= 11 is 7.34. The Bertz CT molecular complexity index is 1680. The summed E-state index contributed by atoms with van der Waals surface area (Å²) in [4.78, 5) is 50.0. The van der Waals surface area contributed by atoms with Crippen LogP contribution in [0.5, 0.6) is 0 Å². The van der Waals surface area contributed by atoms with E-state index in [1.54, 1.807) is 91.9 Å². The highest BCUT2D eigenvalue weighted by Gasteiger charge is 2.16. The van der Waals surface area contributed by atoms with Crippen LogP contribution in [0.2, 0.25) is 5.02 Å². The van der Waals surface area contributed by atoms with Crippen LogP contribution in [0.1, 0.15) is 21.5 Å². The highest BCUT2D eigenvalue weighted by atomic mass is 35.5. The molecule has 0 saturated heterocycles. The number of rotatable bonds is 10. The molecule has 3 N–H and O–H groups in total. The van der Waals surface area contributed by atoms with Crippen molar-refractivity contribution >= 4 is 64.2 Å². The van der Waals surface area contributed by atoms with Gasteiger partial charge in [0, 0.05) is 33.3 Å². The Morgan fingerprint density at radius 1 is 0.905 bits per heavy atom. The Labute approximate surface area is 251 Å². The third kappa shape index (κ3) is 8.53. The van der Waals surface area contributed by atoms with Crippen LogP contribution in [0.4, 0.5) is 17.1 Å². The maximum absolute atomic E-state index is 13.3. The molecule has 3 amide bonds. The van der Waals surface area contributed by atoms with E-state index < -0.39 is 16.7 Å². The molecule has 0 spiro atoms. The Morgan fingerprint density at radius 3 is 2.40 bits per heavy atom. The molecule has 0 aliphatic rings. The van der Waals surface area contributed by atoms with Crippen LogP contribution in [0.25, 0.3) is 6.08 Å². The number of amides is 3. The molecule has 212 valence electrons. The second-order valence-corrected chi connectivity index (χ2v) is 10.5. The molecule has 0 saturated carbocycles. The lowest BCUT2D eigenvalue weighted by atomic mass is 10.1. The van der Waals surface area contributed by atoms with Gasteiger partial charge in [-0.25, -0.2) is 0 Å². The number of nitro benzene ring substituents is 1. The van der Waals surface area contributed by atoms with Crippen molar-refractivity contribution < 1.29 is 19.3 Å². The van der Waals surface area contributed by atoms with Gasteiger partial charge >= 0.3 is 0 Å². The minimum absolute atomic E-state index is 0.0101. The van der Waals surface area contributed by atoms with E-state index in [-0.39, 0.29) is 23.0 Å². The van der Waals surface area contributed by atoms with E-state index in [0.717, 1.165) is 0 Å². The zero-order valence-electron chi connectivity index (χ0n) is 22.3. The van der Waals surface area contributed by atoms with E-state index >= 15 is 0 Å². The number of carbonyl (C=O) groups is 3. The van der Waals surface area contributed by atoms with E-state index in [9.17, 15) is 24.5 Å². The number of nitro groups is 1. The molecular weight excluding hydrogens is 576 g/mol. The lowest BCUT2D eigenvalue weighted by molar-refractivity contribution is -0.384. The predicted molar refractivity (Wildman–Crippen MR) is 166 cm³/mol. The van der Waals surface area contributed by atoms with Gasteiger partial charge in [-0.3, -0.25) is 24.5 Å². The zero-order chi connectivity index (χ0) is 30.1. The topological polar surface area (TPSA) is 130 Å². The van der Waals surface area contributed by atoms with Gasteiger partial charge in [-0.05, 0) is 66.6 Å². The van der Waals surface area contributed by atoms with Crippen molar-refractivity contribution in [1.29, 1.82) is 0 Å². The summed E-state index contributed by atoms with van der Waals surface area (Å²) < 4.78 is 0. The first-order chi connectivity index (χ1) is 20.2. The summed E-state index contributed by atoms with van der Waals surface area (Å²) in [5.41, 5.74) is 2.42. The van der Waals surface area contributed by atoms with E-state index in [1.807, 2.05) is 0 Å². The molecule has 11 heteroatoms. The first-order valence-electron chi connectivity index (χ1n) is 12.6. The largest absolute Gasteiger partial charge is 0.325 e. The molecular formula is C31H25ClN4O5S. The second-order valence-electron chi connectivity index (χ2n) is 9.01. The van der Waals surface area contributed by atoms with Crippen LogP contribution in [-0.4, -0.2) is 28.4 Å². The van der Waals surface area contributed by atoms with Gasteiger partial charge in [0.15, 0.2) is 0 Å². The number of aryl methyl sites for hydroxylation is 1. The number of hydrogen-bond donors (Lipinski definition) is 3. The van der Waals surface area contributed by atoms with E-state index in [2.05, 4.69) is 16.0 Å². The van der Waals surface area contributed by atoms with Crippen molar-refractivity contribution in [3.63, 3.8) is 0 Å². The SMILES string of the molecule is Cc1ccc([N+](=O)[O-])cc1NC(=O)CSc1cccc(NC(=O)/C(=C/c2cccc(Cl)c2)NC(=O)c2ccccc2)c1. The lowest BCUT2D eigenvalue weighted by Gasteiger charge is -2.12. The molecule has 9 nitrogen and oxygen atoms in total. The van der Waals surface area contributed by atoms with Crippen LogP contribution in [0.3, 0.4) is 0 Å². The summed E-state index contributed by atoms with van der Waals surface area (Å²) in [6.07, 6.45) is 1.53. The molecule has 0 radical (unpaired) electrons. The number of anilines is 2. The van der Waals surface area contributed by atoms with Crippen molar-refractivity contribution in [2.45, 2.75) is 11.8 Å². The highest BCUT2D eigenvalue weighted by molar-refractivity contribution is 8.00. The third-order valence-electron chi connectivity index (χ3n) is 5.86. The smallest absolute Gasteiger partial charge is 0.272 e. The molecule has 0 aliphatic heterocycles. The number of non-ortho nitro benzene ring substituents is 1. The Morgan fingerprint density at radius 2 is 1.67 bits per heavy atom. The average molecular weight is 601 g/mol. The quantitative estimate of drug-likeness (QED) is 0.0804. The molecule has 0 unspecified atom stereocenters. The molecule has 4 aromatic carbocycles. The summed E-state index contributed by atoms with van der Waals surface area (Å²) in [6, 6.07) is 26.5. The molecule has 0 bridgehead atoms. The summed E-state index contributed by atoms with van der Waals surface area (Å²) in [6.45, 7) is 1.75. The molecule has 4 rings (SSSR count). The maximum atomic E-state index is 13.3. The monoisotopic (exact) mass is 600 g/mol. The van der Waals surface area contributed by atoms with Gasteiger partial charge in [-0.2, -0.15) is 0 Å². The number of nitrogens with one attached hydrogen (secondary N) is 3. The molecule has 0 fully saturated rings. The van der Waals surface area contributed by atoms with Crippen molar-refractivity contribution in [3.8, 4) is 0 Å². The Hall–Kier alpha value is -4.93. The van der Waals surface area contributed by atoms with Crippen LogP contribution in [-0.2, 0) is 9.59 Å². The number of thioether (sulfide) groups is 1. The Kier molecular flexibility index (Phi) is 10.1. The fourth-order valence-corrected chi connectivity index (χ4v) is 4.71. The fourth-order valence-electron chi connectivity index (χ4n) is 3.76. The highest BCUT2D eigenvalue weighted by Crippen LogP contribution is 2.25. The van der Waals surface area contributed by atoms with E-state index in [4.69, 9.17) is 11.6 Å². The normalized spacial score (nSPS) is 11.0. The molecule has 0 heterocycles. The number of halogens is 1. The minimum Gasteiger partial charge on any atom is -0.325 e. The van der Waals surface area contributed by atoms with Crippen LogP contribution in [0.15, 0.2) is 108 Å². The maximum Gasteiger partial charge on any atom is 0.272 e. The van der Waals surface area contributed by atoms with Gasteiger partial charge in [0.2, 0.25) is 5.91 Å². The lowest BCUT2D eigenvalue weighted by Crippen LogP contribution is -2.30. The van der Waals surface area contributed by atoms with Crippen LogP contribution >= 0.6 is 23.4 Å². The van der Waals surface area contributed by atoms with Crippen molar-refractivity contribution in [3.05, 3.63) is 135 Å². The van der Waals surface area contributed by atoms with Crippen molar-refractivity contribution in [2.24, 2.45) is 0 Å². The first-order valence-corrected chi connectivity index (χ1v) is 14.0. The molecule has 0 aliphatic carbocycles. The minimum atomic E-state index is -0.555. The van der Waals surface area contributed by atoms with Crippen molar-refractivity contribution in [2.75, 3.05) is 16.4 Å². The molecule has 0 aromatic heterocycles. The molecule has 4 aromatic rings. The number of nitrogens with zero attached hydrogens (tertiary/aromatic N) is 1. The zero-order valence-corrected chi connectivity index (χ0v) is 23.9. The molecule has 0 atom stereocenters. The van der Waals surface area contributed by atoms with E-state index in [1.165, 1.54) is 30.0 Å². The standard InChI is InChI=1S/C31H25ClN4O5S/c1-20-13-14-25(36(40)41)18-27(20)34-29(37)19-42-26-12-6-11-24(17-26)33-31(39)28(16-21-7-5-10-23(32)15-21)35-30(38)22-8-3-2-4-9-22/h2-18H,19H2,1H3,(H,33,39)(H,34,37)(H,35,38)/b28-16-. The summed E-state index contributed by atoms with van der Waals surface area (Å²) in [5, 5.41) is 19.7. The van der Waals surface area contributed by atoms with Gasteiger partial charge < -0.3 is 16.0 Å². The van der Waals surface area contributed by atoms with Gasteiger partial charge in [0.25, 0.3) is 17.5 Å². The average Bonchev–Trinajstić information content (AvgIpc) is 2.97. The van der Waals surface area contributed by atoms with E-state index in [0.29, 0.717) is 38.0 Å². The molecule has 42 heavy (non-hydrogen) atoms. The van der Waals surface area contributed by atoms with Crippen molar-refractivity contribution in [1.82, 2.24) is 5.32 Å². The van der Waals surface area contributed by atoms with Crippen LogP contribution < -0.4 is 16.0 Å². The second kappa shape index (κ2) is 14.1. The number of benzene rings is 4. The van der Waals surface area contributed by atoms with Gasteiger partial charge in [-0.15, -0.1) is 11.8 Å².